The number of carbonyl (C=O) groups excluding carboxylic acids is 1. The predicted octanol–water partition coefficient (Wildman–Crippen LogP) is 4.35. The Morgan fingerprint density at radius 3 is 2.63 bits per heavy atom. The Balaban J connectivity index is 1.72. The van der Waals surface area contributed by atoms with Crippen molar-refractivity contribution in [2.24, 2.45) is 28.6 Å². The summed E-state index contributed by atoms with van der Waals surface area (Å²) >= 11 is 0. The molecule has 1 unspecified atom stereocenters. The summed E-state index contributed by atoms with van der Waals surface area (Å²) < 4.78 is 0. The minimum absolute atomic E-state index is 0.0924. The minimum Gasteiger partial charge on any atom is -0.396 e. The van der Waals surface area contributed by atoms with Crippen molar-refractivity contribution < 1.29 is 15.0 Å². The van der Waals surface area contributed by atoms with E-state index in [1.807, 2.05) is 6.08 Å². The fourth-order valence-electron chi connectivity index (χ4n) is 7.44. The van der Waals surface area contributed by atoms with Crippen LogP contribution < -0.4 is 0 Å². The lowest BCUT2D eigenvalue weighted by Gasteiger charge is -2.59. The second kappa shape index (κ2) is 6.15. The Labute approximate surface area is 163 Å². The molecule has 6 atom stereocenters. The molecule has 27 heavy (non-hydrogen) atoms. The van der Waals surface area contributed by atoms with Crippen LogP contribution in [0.1, 0.15) is 65.2 Å². The summed E-state index contributed by atoms with van der Waals surface area (Å²) in [5.41, 5.74) is 2.11. The van der Waals surface area contributed by atoms with Crippen LogP contribution in [0.25, 0.3) is 0 Å². The third kappa shape index (κ3) is 2.37. The number of hydrogen-bond acceptors (Lipinski definition) is 3. The molecule has 4 aliphatic carbocycles. The predicted molar refractivity (Wildman–Crippen MR) is 107 cm³/mol. The van der Waals surface area contributed by atoms with Gasteiger partial charge in [-0.05, 0) is 85.3 Å². The fourth-order valence-corrected chi connectivity index (χ4v) is 7.44. The Morgan fingerprint density at radius 1 is 1.19 bits per heavy atom. The Kier molecular flexibility index (Phi) is 4.36. The number of hydrogen-bond donors (Lipinski definition) is 2. The maximum atomic E-state index is 12.0. The molecule has 3 fully saturated rings. The molecule has 0 saturated heterocycles. The molecule has 0 amide bonds. The highest BCUT2D eigenvalue weighted by Crippen LogP contribution is 2.70. The fraction of sp³-hybridized carbons (Fsp3) is 0.708. The maximum Gasteiger partial charge on any atom is 0.155 e. The third-order valence-corrected chi connectivity index (χ3v) is 9.03. The van der Waals surface area contributed by atoms with Crippen molar-refractivity contribution in [1.82, 2.24) is 0 Å². The van der Waals surface area contributed by atoms with Gasteiger partial charge in [0.1, 0.15) is 0 Å². The Hall–Kier alpha value is -1.19. The second-order valence-electron chi connectivity index (χ2n) is 9.99. The van der Waals surface area contributed by atoms with Gasteiger partial charge in [-0.15, -0.1) is 0 Å². The van der Waals surface area contributed by atoms with Crippen molar-refractivity contribution in [1.29, 1.82) is 0 Å². The van der Waals surface area contributed by atoms with E-state index in [4.69, 9.17) is 0 Å². The summed E-state index contributed by atoms with van der Waals surface area (Å²) in [6.07, 6.45) is 8.82. The van der Waals surface area contributed by atoms with E-state index in [0.717, 1.165) is 43.3 Å². The van der Waals surface area contributed by atoms with Crippen LogP contribution in [0.4, 0.5) is 0 Å². The molecule has 3 heteroatoms. The van der Waals surface area contributed by atoms with Crippen LogP contribution in [-0.4, -0.2) is 28.2 Å². The van der Waals surface area contributed by atoms with Crippen LogP contribution in [0.2, 0.25) is 0 Å². The standard InChI is InChI=1S/C24H34O3/c1-15-16(2)24(27,10-5-13-25)23(4)12-9-20-19(21(15)23)7-6-17-14-18(26)8-11-22(17,20)3/h14,19-21,25,27H,1-2,5-13H2,3-4H3/t19-,20-,21+,22+,23+,24?/m1/s1. The van der Waals surface area contributed by atoms with Crippen molar-refractivity contribution in [2.75, 3.05) is 6.61 Å². The summed E-state index contributed by atoms with van der Waals surface area (Å²) in [5.74, 6) is 1.59. The van der Waals surface area contributed by atoms with Gasteiger partial charge in [-0.3, -0.25) is 4.79 Å². The van der Waals surface area contributed by atoms with Crippen LogP contribution in [0.5, 0.6) is 0 Å². The molecule has 0 radical (unpaired) electrons. The van der Waals surface area contributed by atoms with E-state index >= 15 is 0 Å². The zero-order valence-electron chi connectivity index (χ0n) is 16.9. The topological polar surface area (TPSA) is 57.5 Å². The van der Waals surface area contributed by atoms with E-state index in [-0.39, 0.29) is 23.4 Å². The third-order valence-electron chi connectivity index (χ3n) is 9.03. The van der Waals surface area contributed by atoms with Crippen molar-refractivity contribution >= 4 is 5.78 Å². The largest absolute Gasteiger partial charge is 0.396 e. The van der Waals surface area contributed by atoms with Gasteiger partial charge in [-0.25, -0.2) is 0 Å². The quantitative estimate of drug-likeness (QED) is 0.776. The summed E-state index contributed by atoms with van der Waals surface area (Å²) in [6.45, 7) is 13.4. The van der Waals surface area contributed by atoms with Gasteiger partial charge in [-0.1, -0.05) is 32.6 Å². The molecule has 0 spiro atoms. The first-order valence-electron chi connectivity index (χ1n) is 10.6. The van der Waals surface area contributed by atoms with E-state index < -0.39 is 5.60 Å². The highest BCUT2D eigenvalue weighted by molar-refractivity contribution is 5.91. The van der Waals surface area contributed by atoms with Crippen LogP contribution in [-0.2, 0) is 4.79 Å². The van der Waals surface area contributed by atoms with Gasteiger partial charge >= 0.3 is 0 Å². The van der Waals surface area contributed by atoms with E-state index in [2.05, 4.69) is 27.0 Å². The van der Waals surface area contributed by atoms with Gasteiger partial charge in [0, 0.05) is 18.4 Å². The summed E-state index contributed by atoms with van der Waals surface area (Å²) in [4.78, 5) is 12.0. The summed E-state index contributed by atoms with van der Waals surface area (Å²) in [6, 6.07) is 0. The van der Waals surface area contributed by atoms with Crippen LogP contribution in [0.15, 0.2) is 36.0 Å². The number of fused-ring (bicyclic) bond motifs is 5. The van der Waals surface area contributed by atoms with Gasteiger partial charge < -0.3 is 10.2 Å². The molecule has 0 aliphatic heterocycles. The van der Waals surface area contributed by atoms with Gasteiger partial charge in [0.15, 0.2) is 5.78 Å². The number of allylic oxidation sites excluding steroid dienone is 1. The summed E-state index contributed by atoms with van der Waals surface area (Å²) in [5, 5.41) is 21.1. The maximum absolute atomic E-state index is 12.0. The number of ketones is 1. The van der Waals surface area contributed by atoms with Crippen molar-refractivity contribution in [3.8, 4) is 0 Å². The second-order valence-corrected chi connectivity index (χ2v) is 9.99. The number of carbonyl (C=O) groups is 1. The summed E-state index contributed by atoms with van der Waals surface area (Å²) in [7, 11) is 0. The molecule has 0 aromatic rings. The highest BCUT2D eigenvalue weighted by Gasteiger charge is 2.66. The van der Waals surface area contributed by atoms with Crippen LogP contribution in [0, 0.1) is 28.6 Å². The van der Waals surface area contributed by atoms with E-state index in [9.17, 15) is 15.0 Å². The lowest BCUT2D eigenvalue weighted by atomic mass is 9.46. The van der Waals surface area contributed by atoms with Crippen LogP contribution >= 0.6 is 0 Å². The minimum atomic E-state index is -0.956. The van der Waals surface area contributed by atoms with E-state index in [1.165, 1.54) is 5.57 Å². The molecule has 4 aliphatic rings. The molecule has 0 heterocycles. The van der Waals surface area contributed by atoms with Crippen molar-refractivity contribution in [3.05, 3.63) is 36.0 Å². The Bertz CT molecular complexity index is 734. The Morgan fingerprint density at radius 2 is 1.93 bits per heavy atom. The molecule has 0 bridgehead atoms. The van der Waals surface area contributed by atoms with E-state index in [0.29, 0.717) is 36.9 Å². The molecule has 2 N–H and O–H groups in total. The van der Waals surface area contributed by atoms with Crippen molar-refractivity contribution in [2.45, 2.75) is 70.8 Å². The number of aliphatic hydroxyl groups is 2. The first kappa shape index (κ1) is 19.1. The van der Waals surface area contributed by atoms with E-state index in [1.54, 1.807) is 0 Å². The molecular weight excluding hydrogens is 336 g/mol. The van der Waals surface area contributed by atoms with Crippen LogP contribution in [0.3, 0.4) is 0 Å². The SMILES string of the molecule is C=C1C(=C)C(O)(CCCO)[C@@]2(C)CC[C@@H]3[C@@H](CCC4=CC(=O)CC[C@@]43C)[C@H]12. The van der Waals surface area contributed by atoms with Gasteiger partial charge in [0.2, 0.25) is 0 Å². The van der Waals surface area contributed by atoms with Gasteiger partial charge in [0.05, 0.1) is 5.60 Å². The first-order valence-corrected chi connectivity index (χ1v) is 10.6. The average molecular weight is 371 g/mol. The molecular formula is C24H34O3. The monoisotopic (exact) mass is 370 g/mol. The zero-order valence-corrected chi connectivity index (χ0v) is 16.9. The molecule has 3 saturated carbocycles. The molecule has 4 rings (SSSR count). The first-order chi connectivity index (χ1) is 12.7. The van der Waals surface area contributed by atoms with Gasteiger partial charge in [-0.2, -0.15) is 0 Å². The molecule has 3 nitrogen and oxygen atoms in total. The number of rotatable bonds is 3. The zero-order chi connectivity index (χ0) is 19.6. The molecule has 0 aromatic carbocycles. The number of aliphatic hydroxyl groups excluding tert-OH is 1. The molecule has 148 valence electrons. The highest BCUT2D eigenvalue weighted by atomic mass is 16.3. The lowest BCUT2D eigenvalue weighted by Crippen LogP contribution is -2.55. The molecule has 0 aromatic heterocycles. The average Bonchev–Trinajstić information content (AvgIpc) is 2.79. The van der Waals surface area contributed by atoms with Gasteiger partial charge in [0.25, 0.3) is 0 Å². The smallest absolute Gasteiger partial charge is 0.155 e. The normalized spacial score (nSPS) is 46.6. The van der Waals surface area contributed by atoms with Crippen molar-refractivity contribution in [3.63, 3.8) is 0 Å². The lowest BCUT2D eigenvalue weighted by molar-refractivity contribution is -0.123.